The van der Waals surface area contributed by atoms with Crippen molar-refractivity contribution in [3.8, 4) is 5.75 Å². The smallest absolute Gasteiger partial charge is 0.237 e. The summed E-state index contributed by atoms with van der Waals surface area (Å²) in [7, 11) is 0.255. The number of nitrogens with one attached hydrogen (secondary N) is 1. The van der Waals surface area contributed by atoms with Crippen LogP contribution in [0.25, 0.3) is 0 Å². The average molecular weight is 312 g/mol. The molecule has 1 aliphatic rings. The van der Waals surface area contributed by atoms with Gasteiger partial charge in [0.15, 0.2) is 0 Å². The summed E-state index contributed by atoms with van der Waals surface area (Å²) in [6.07, 6.45) is 0.663. The lowest BCUT2D eigenvalue weighted by atomic mass is 10.2. The molecule has 1 aliphatic heterocycles. The van der Waals surface area contributed by atoms with Crippen molar-refractivity contribution in [2.45, 2.75) is 24.7 Å². The molecule has 21 heavy (non-hydrogen) atoms. The van der Waals surface area contributed by atoms with Crippen LogP contribution in [-0.4, -0.2) is 40.9 Å². The van der Waals surface area contributed by atoms with Gasteiger partial charge < -0.3 is 20.5 Å². The summed E-state index contributed by atoms with van der Waals surface area (Å²) >= 11 is 0. The minimum absolute atomic E-state index is 0.0497. The Morgan fingerprint density at radius 3 is 2.95 bits per heavy atom. The molecule has 0 bridgehead atoms. The summed E-state index contributed by atoms with van der Waals surface area (Å²) in [5, 5.41) is 2.62. The molecule has 3 N–H and O–H groups in total. The highest BCUT2D eigenvalue weighted by molar-refractivity contribution is 7.86. The van der Waals surface area contributed by atoms with Gasteiger partial charge in [-0.2, -0.15) is 0 Å². The third kappa shape index (κ3) is 3.95. The van der Waals surface area contributed by atoms with E-state index in [1.807, 2.05) is 6.92 Å². The first-order valence-corrected chi connectivity index (χ1v) is 8.11. The summed E-state index contributed by atoms with van der Waals surface area (Å²) < 4.78 is 22.7. The number of nitrogens with two attached hydrogens (primary N) is 1. The van der Waals surface area contributed by atoms with Crippen LogP contribution >= 0.6 is 0 Å². The Morgan fingerprint density at radius 2 is 2.33 bits per heavy atom. The molecule has 116 valence electrons. The molecule has 3 unspecified atom stereocenters. The third-order valence-electron chi connectivity index (χ3n) is 3.42. The van der Waals surface area contributed by atoms with Gasteiger partial charge in [-0.1, -0.05) is 0 Å². The van der Waals surface area contributed by atoms with Crippen LogP contribution in [0.1, 0.15) is 13.3 Å². The number of benzene rings is 1. The fraction of sp³-hybridized carbons (Fsp3) is 0.500. The molecule has 0 radical (unpaired) electrons. The molecule has 1 aromatic carbocycles. The van der Waals surface area contributed by atoms with Crippen LogP contribution in [0.5, 0.6) is 5.75 Å². The van der Waals surface area contributed by atoms with E-state index in [0.29, 0.717) is 23.7 Å². The minimum Gasteiger partial charge on any atom is -0.494 e. The number of carbonyl (C=O) groups is 1. The maximum Gasteiger partial charge on any atom is 0.237 e. The number of rotatable bonds is 5. The largest absolute Gasteiger partial charge is 0.494 e. The van der Waals surface area contributed by atoms with E-state index >= 15 is 0 Å². The van der Waals surface area contributed by atoms with Gasteiger partial charge in [0.1, 0.15) is 11.5 Å². The number of methoxy groups -OCH3 is 1. The number of amides is 1. The number of ether oxygens (including phenoxy) is 2. The Balaban J connectivity index is 1.97. The molecule has 0 saturated carbocycles. The summed E-state index contributed by atoms with van der Waals surface area (Å²) in [5.74, 6) is 0.119. The van der Waals surface area contributed by atoms with Crippen LogP contribution in [-0.2, 0) is 20.3 Å². The van der Waals surface area contributed by atoms with Crippen LogP contribution < -0.4 is 15.8 Å². The molecule has 1 aromatic rings. The van der Waals surface area contributed by atoms with Crippen molar-refractivity contribution in [3.05, 3.63) is 18.2 Å². The van der Waals surface area contributed by atoms with Crippen LogP contribution in [0.2, 0.25) is 0 Å². The van der Waals surface area contributed by atoms with E-state index in [9.17, 15) is 9.00 Å². The Bertz CT molecular complexity index is 550. The standard InChI is InChI=1S/C14H20N2O4S/c1-9-13(5-6-20-9)21(18)8-14(17)16-11-4-3-10(15)7-12(11)19-2/h3-4,7,9,13H,5-6,8,15H2,1-2H3,(H,16,17). The molecular weight excluding hydrogens is 292 g/mol. The highest BCUT2D eigenvalue weighted by Crippen LogP contribution is 2.26. The fourth-order valence-corrected chi connectivity index (χ4v) is 3.70. The normalized spacial score (nSPS) is 22.8. The molecule has 0 aliphatic carbocycles. The highest BCUT2D eigenvalue weighted by Gasteiger charge is 2.30. The van der Waals surface area contributed by atoms with E-state index in [1.54, 1.807) is 18.2 Å². The number of hydrogen-bond acceptors (Lipinski definition) is 5. The van der Waals surface area contributed by atoms with E-state index in [0.717, 1.165) is 6.42 Å². The summed E-state index contributed by atoms with van der Waals surface area (Å²) in [6, 6.07) is 4.96. The molecule has 2 rings (SSSR count). The van der Waals surface area contributed by atoms with E-state index in [4.69, 9.17) is 15.2 Å². The summed E-state index contributed by atoms with van der Waals surface area (Å²) in [4.78, 5) is 12.0. The van der Waals surface area contributed by atoms with Crippen molar-refractivity contribution >= 4 is 28.1 Å². The van der Waals surface area contributed by atoms with Crippen molar-refractivity contribution in [3.63, 3.8) is 0 Å². The maximum atomic E-state index is 12.2. The predicted octanol–water partition coefficient (Wildman–Crippen LogP) is 1.14. The number of anilines is 2. The van der Waals surface area contributed by atoms with Gasteiger partial charge >= 0.3 is 0 Å². The minimum atomic E-state index is -1.24. The molecular formula is C14H20N2O4S. The van der Waals surface area contributed by atoms with Crippen LogP contribution in [0.15, 0.2) is 18.2 Å². The van der Waals surface area contributed by atoms with E-state index in [1.165, 1.54) is 7.11 Å². The first-order valence-electron chi connectivity index (χ1n) is 6.73. The zero-order valence-corrected chi connectivity index (χ0v) is 12.9. The second-order valence-electron chi connectivity index (χ2n) is 4.94. The van der Waals surface area contributed by atoms with E-state index in [-0.39, 0.29) is 23.0 Å². The van der Waals surface area contributed by atoms with Crippen LogP contribution in [0.3, 0.4) is 0 Å². The lowest BCUT2D eigenvalue weighted by Gasteiger charge is -2.14. The number of nitrogen functional groups attached to an aromatic ring is 1. The van der Waals surface area contributed by atoms with Crippen molar-refractivity contribution in [1.82, 2.24) is 0 Å². The summed E-state index contributed by atoms with van der Waals surface area (Å²) in [6.45, 7) is 2.49. The van der Waals surface area contributed by atoms with Gasteiger partial charge in [0.05, 0.1) is 24.2 Å². The molecule has 6 nitrogen and oxygen atoms in total. The second kappa shape index (κ2) is 6.91. The molecule has 0 aromatic heterocycles. The van der Waals surface area contributed by atoms with Crippen molar-refractivity contribution in [2.24, 2.45) is 0 Å². The molecule has 3 atom stereocenters. The SMILES string of the molecule is COc1cc(N)ccc1NC(=O)CS(=O)C1CCOC1C. The Labute approximate surface area is 126 Å². The topological polar surface area (TPSA) is 90.6 Å². The highest BCUT2D eigenvalue weighted by atomic mass is 32.2. The first kappa shape index (κ1) is 15.8. The molecule has 1 fully saturated rings. The fourth-order valence-electron chi connectivity index (χ4n) is 2.29. The van der Waals surface area contributed by atoms with Crippen molar-refractivity contribution in [2.75, 3.05) is 30.5 Å². The first-order chi connectivity index (χ1) is 10.0. The van der Waals surface area contributed by atoms with Crippen LogP contribution in [0, 0.1) is 0 Å². The van der Waals surface area contributed by atoms with Gasteiger partial charge in [-0.05, 0) is 25.5 Å². The number of carbonyl (C=O) groups excluding carboxylic acids is 1. The molecule has 7 heteroatoms. The van der Waals surface area contributed by atoms with Gasteiger partial charge in [-0.15, -0.1) is 0 Å². The zero-order chi connectivity index (χ0) is 15.4. The van der Waals surface area contributed by atoms with E-state index in [2.05, 4.69) is 5.32 Å². The van der Waals surface area contributed by atoms with Gasteiger partial charge in [-0.3, -0.25) is 9.00 Å². The zero-order valence-electron chi connectivity index (χ0n) is 12.1. The quantitative estimate of drug-likeness (QED) is 0.796. The molecule has 1 amide bonds. The van der Waals surface area contributed by atoms with E-state index < -0.39 is 10.8 Å². The predicted molar refractivity (Wildman–Crippen MR) is 82.9 cm³/mol. The third-order valence-corrected chi connectivity index (χ3v) is 5.26. The van der Waals surface area contributed by atoms with Gasteiger partial charge in [0.2, 0.25) is 5.91 Å². The average Bonchev–Trinajstić information content (AvgIpc) is 2.87. The summed E-state index contributed by atoms with van der Waals surface area (Å²) in [5.41, 5.74) is 6.72. The lowest BCUT2D eigenvalue weighted by Crippen LogP contribution is -2.30. The van der Waals surface area contributed by atoms with Gasteiger partial charge in [-0.25, -0.2) is 0 Å². The molecule has 1 saturated heterocycles. The second-order valence-corrected chi connectivity index (χ2v) is 6.59. The Morgan fingerprint density at radius 1 is 1.57 bits per heavy atom. The van der Waals surface area contributed by atoms with Crippen molar-refractivity contribution in [1.29, 1.82) is 0 Å². The number of hydrogen-bond donors (Lipinski definition) is 2. The van der Waals surface area contributed by atoms with Crippen LogP contribution in [0.4, 0.5) is 11.4 Å². The lowest BCUT2D eigenvalue weighted by molar-refractivity contribution is -0.113. The maximum absolute atomic E-state index is 12.2. The molecule has 1 heterocycles. The van der Waals surface area contributed by atoms with Crippen molar-refractivity contribution < 1.29 is 18.5 Å². The Kier molecular flexibility index (Phi) is 5.19. The Hall–Kier alpha value is -1.60. The monoisotopic (exact) mass is 312 g/mol. The van der Waals surface area contributed by atoms with Gasteiger partial charge in [0.25, 0.3) is 0 Å². The molecule has 0 spiro atoms. The van der Waals surface area contributed by atoms with Gasteiger partial charge in [0, 0.05) is 29.2 Å².